The van der Waals surface area contributed by atoms with Crippen LogP contribution in [0.2, 0.25) is 0 Å². The molecule has 1 saturated heterocycles. The molecular weight excluding hydrogens is 398 g/mol. The van der Waals surface area contributed by atoms with E-state index in [0.29, 0.717) is 25.4 Å². The normalized spacial score (nSPS) is 15.2. The molecule has 1 aliphatic rings. The first-order valence-electron chi connectivity index (χ1n) is 10.5. The van der Waals surface area contributed by atoms with Gasteiger partial charge in [0, 0.05) is 24.9 Å². The van der Waals surface area contributed by atoms with Crippen molar-refractivity contribution in [3.8, 4) is 0 Å². The number of hydrogen-bond donors (Lipinski definition) is 2. The third kappa shape index (κ3) is 29.8. The van der Waals surface area contributed by atoms with Crippen molar-refractivity contribution in [2.45, 2.75) is 90.9 Å². The van der Waals surface area contributed by atoms with Crippen LogP contribution in [-0.4, -0.2) is 47.6 Å². The molecule has 1 amide bonds. The lowest BCUT2D eigenvalue weighted by atomic mass is 10.0. The van der Waals surface area contributed by atoms with E-state index >= 15 is 0 Å². The molecule has 2 rings (SSSR count). The number of nitrogens with one attached hydrogen (secondary N) is 1. The van der Waals surface area contributed by atoms with Crippen molar-refractivity contribution in [2.75, 3.05) is 6.54 Å². The second-order valence-corrected chi connectivity index (χ2v) is 8.83. The van der Waals surface area contributed by atoms with E-state index in [-0.39, 0.29) is 17.1 Å². The van der Waals surface area contributed by atoms with Gasteiger partial charge in [0.15, 0.2) is 0 Å². The highest BCUT2D eigenvalue weighted by Gasteiger charge is 2.12. The quantitative estimate of drug-likeness (QED) is 0.675. The average Bonchev–Trinajstić information content (AvgIpc) is 2.68. The van der Waals surface area contributed by atoms with E-state index in [2.05, 4.69) is 19.8 Å². The lowest BCUT2D eigenvalue weighted by Crippen LogP contribution is -2.34. The van der Waals surface area contributed by atoms with Crippen LogP contribution in [-0.2, 0) is 23.9 Å². The Morgan fingerprint density at radius 1 is 1.00 bits per heavy atom. The van der Waals surface area contributed by atoms with E-state index in [4.69, 9.17) is 5.73 Å². The highest BCUT2D eigenvalue weighted by Crippen LogP contribution is 2.11. The van der Waals surface area contributed by atoms with Gasteiger partial charge in [-0.05, 0) is 79.5 Å². The molecule has 8 nitrogen and oxygen atoms in total. The van der Waals surface area contributed by atoms with Crippen molar-refractivity contribution in [1.82, 2.24) is 10.3 Å². The summed E-state index contributed by atoms with van der Waals surface area (Å²) in [5.41, 5.74) is 4.41. The zero-order valence-electron chi connectivity index (χ0n) is 19.9. The zero-order chi connectivity index (χ0) is 24.2. The fraction of sp³-hybridized carbons (Fsp3) is 0.652. The van der Waals surface area contributed by atoms with Gasteiger partial charge >= 0.3 is 0 Å². The molecule has 1 atom stereocenters. The van der Waals surface area contributed by atoms with Crippen molar-refractivity contribution in [2.24, 2.45) is 5.73 Å². The number of primary amides is 1. The van der Waals surface area contributed by atoms with Crippen LogP contribution in [0, 0.1) is 0 Å². The lowest BCUT2D eigenvalue weighted by Gasteiger charge is -2.22. The standard InChI is InChI=1S/C8H16N2O.C5H5N.2C5H10O2/c9-8(11)5-4-7-3-1-2-6-10-7;1-2-4-6-5-3-1;2*1-5(2,3)7-4-6/h7,10H,1-6H2,(H2,9,11);1-5H;2*4H,1-3H3. The molecule has 1 aromatic heterocycles. The Morgan fingerprint density at radius 2 is 1.52 bits per heavy atom. The number of carbonyl (C=O) groups excluding carboxylic acids is 3. The van der Waals surface area contributed by atoms with Gasteiger partial charge in [-0.1, -0.05) is 12.5 Å². The van der Waals surface area contributed by atoms with Gasteiger partial charge in [0.1, 0.15) is 11.2 Å². The van der Waals surface area contributed by atoms with E-state index in [1.807, 2.05) is 59.7 Å². The largest absolute Gasteiger partial charge is 0.462 e. The molecule has 0 radical (unpaired) electrons. The molecule has 1 aliphatic heterocycles. The summed E-state index contributed by atoms with van der Waals surface area (Å²) >= 11 is 0. The summed E-state index contributed by atoms with van der Waals surface area (Å²) in [7, 11) is 0. The summed E-state index contributed by atoms with van der Waals surface area (Å²) in [5, 5.41) is 3.37. The Morgan fingerprint density at radius 3 is 1.74 bits per heavy atom. The van der Waals surface area contributed by atoms with Crippen LogP contribution < -0.4 is 11.1 Å². The Kier molecular flexibility index (Phi) is 18.1. The van der Waals surface area contributed by atoms with E-state index < -0.39 is 0 Å². The van der Waals surface area contributed by atoms with Crippen LogP contribution in [0.3, 0.4) is 0 Å². The molecule has 1 fully saturated rings. The van der Waals surface area contributed by atoms with Crippen LogP contribution in [0.25, 0.3) is 0 Å². The maximum atomic E-state index is 10.4. The third-order valence-electron chi connectivity index (χ3n) is 3.52. The summed E-state index contributed by atoms with van der Waals surface area (Å²) in [6.45, 7) is 12.9. The summed E-state index contributed by atoms with van der Waals surface area (Å²) in [6.07, 6.45) is 8.70. The van der Waals surface area contributed by atoms with Gasteiger partial charge in [-0.3, -0.25) is 19.4 Å². The smallest absolute Gasteiger partial charge is 0.293 e. The SMILES string of the molecule is CC(C)(C)OC=O.CC(C)(C)OC=O.NC(=O)CCC1CCCCN1.c1ccncc1. The number of ether oxygens (including phenoxy) is 2. The van der Waals surface area contributed by atoms with Crippen LogP contribution >= 0.6 is 0 Å². The van der Waals surface area contributed by atoms with Crippen LogP contribution in [0.15, 0.2) is 30.6 Å². The van der Waals surface area contributed by atoms with E-state index in [9.17, 15) is 14.4 Å². The Hall–Kier alpha value is -2.48. The molecule has 178 valence electrons. The van der Waals surface area contributed by atoms with Crippen LogP contribution in [0.1, 0.15) is 73.6 Å². The van der Waals surface area contributed by atoms with Crippen LogP contribution in [0.4, 0.5) is 0 Å². The molecule has 0 spiro atoms. The molecule has 0 bridgehead atoms. The highest BCUT2D eigenvalue weighted by molar-refractivity contribution is 5.73. The number of carbonyl (C=O) groups is 3. The Labute approximate surface area is 187 Å². The fourth-order valence-corrected chi connectivity index (χ4v) is 2.09. The summed E-state index contributed by atoms with van der Waals surface area (Å²) < 4.78 is 9.10. The predicted molar refractivity (Wildman–Crippen MR) is 122 cm³/mol. The molecule has 0 saturated carbocycles. The van der Waals surface area contributed by atoms with Crippen molar-refractivity contribution in [3.05, 3.63) is 30.6 Å². The summed E-state index contributed by atoms with van der Waals surface area (Å²) in [5.74, 6) is -0.183. The molecule has 1 unspecified atom stereocenters. The molecular formula is C23H41N3O5. The van der Waals surface area contributed by atoms with Gasteiger partial charge in [0.2, 0.25) is 5.91 Å². The Balaban J connectivity index is 0. The van der Waals surface area contributed by atoms with Gasteiger partial charge in [0.05, 0.1) is 0 Å². The predicted octanol–water partition coefficient (Wildman–Crippen LogP) is 3.39. The number of aromatic nitrogens is 1. The zero-order valence-corrected chi connectivity index (χ0v) is 19.9. The molecule has 2 heterocycles. The number of amides is 1. The Bertz CT molecular complexity index is 516. The second kappa shape index (κ2) is 18.3. The van der Waals surface area contributed by atoms with Gasteiger partial charge in [-0.2, -0.15) is 0 Å². The fourth-order valence-electron chi connectivity index (χ4n) is 2.09. The van der Waals surface area contributed by atoms with Gasteiger partial charge < -0.3 is 20.5 Å². The summed E-state index contributed by atoms with van der Waals surface area (Å²) in [4.78, 5) is 33.4. The number of rotatable bonds is 5. The number of nitrogens with two attached hydrogens (primary N) is 1. The molecule has 0 aromatic carbocycles. The number of nitrogens with zero attached hydrogens (tertiary/aromatic N) is 1. The minimum Gasteiger partial charge on any atom is -0.462 e. The summed E-state index contributed by atoms with van der Waals surface area (Å²) in [6, 6.07) is 6.25. The minimum atomic E-state index is -0.318. The van der Waals surface area contributed by atoms with Crippen molar-refractivity contribution in [1.29, 1.82) is 0 Å². The van der Waals surface area contributed by atoms with Crippen LogP contribution in [0.5, 0.6) is 0 Å². The maximum absolute atomic E-state index is 10.4. The van der Waals surface area contributed by atoms with E-state index in [1.54, 1.807) is 12.4 Å². The number of pyridine rings is 1. The first-order valence-corrected chi connectivity index (χ1v) is 10.5. The first-order chi connectivity index (χ1) is 14.4. The van der Waals surface area contributed by atoms with Crippen molar-refractivity contribution in [3.63, 3.8) is 0 Å². The van der Waals surface area contributed by atoms with Gasteiger partial charge in [0.25, 0.3) is 12.9 Å². The second-order valence-electron chi connectivity index (χ2n) is 8.83. The van der Waals surface area contributed by atoms with Gasteiger partial charge in [-0.25, -0.2) is 0 Å². The minimum absolute atomic E-state index is 0.183. The maximum Gasteiger partial charge on any atom is 0.293 e. The topological polar surface area (TPSA) is 121 Å². The number of hydrogen-bond acceptors (Lipinski definition) is 7. The average molecular weight is 440 g/mol. The van der Waals surface area contributed by atoms with Crippen molar-refractivity contribution < 1.29 is 23.9 Å². The molecule has 8 heteroatoms. The highest BCUT2D eigenvalue weighted by atomic mass is 16.5. The molecule has 0 aliphatic carbocycles. The first kappa shape index (κ1) is 30.7. The number of piperidine rings is 1. The van der Waals surface area contributed by atoms with Crippen molar-refractivity contribution >= 4 is 18.9 Å². The third-order valence-corrected chi connectivity index (χ3v) is 3.52. The van der Waals surface area contributed by atoms with Gasteiger partial charge in [-0.15, -0.1) is 0 Å². The molecule has 1 aromatic rings. The lowest BCUT2D eigenvalue weighted by molar-refractivity contribution is -0.139. The molecule has 31 heavy (non-hydrogen) atoms. The van der Waals surface area contributed by atoms with E-state index in [1.165, 1.54) is 19.3 Å². The monoisotopic (exact) mass is 439 g/mol. The molecule has 3 N–H and O–H groups in total. The van der Waals surface area contributed by atoms with E-state index in [0.717, 1.165) is 13.0 Å².